The molecule has 0 saturated heterocycles. The average Bonchev–Trinajstić information content (AvgIpc) is 2.61. The van der Waals surface area contributed by atoms with Crippen molar-refractivity contribution in [3.05, 3.63) is 69.5 Å². The summed E-state index contributed by atoms with van der Waals surface area (Å²) in [5.41, 5.74) is 1.64. The smallest absolute Gasteiger partial charge is 0.306 e. The van der Waals surface area contributed by atoms with Crippen molar-refractivity contribution in [1.29, 1.82) is 0 Å². The van der Waals surface area contributed by atoms with Gasteiger partial charge >= 0.3 is 5.97 Å². The maximum Gasteiger partial charge on any atom is 0.306 e. The van der Waals surface area contributed by atoms with E-state index in [4.69, 9.17) is 4.74 Å². The van der Waals surface area contributed by atoms with E-state index in [1.165, 1.54) is 30.3 Å². The number of esters is 1. The fourth-order valence-corrected chi connectivity index (χ4v) is 2.20. The first-order chi connectivity index (χ1) is 12.3. The summed E-state index contributed by atoms with van der Waals surface area (Å²) in [6, 6.07) is 9.80. The van der Waals surface area contributed by atoms with Crippen LogP contribution in [-0.4, -0.2) is 23.4 Å². The second-order valence-corrected chi connectivity index (χ2v) is 5.59. The summed E-state index contributed by atoms with van der Waals surface area (Å²) < 4.78 is 17.7. The number of carbonyl (C=O) groups excluding carboxylic acids is 2. The molecule has 26 heavy (non-hydrogen) atoms. The minimum atomic E-state index is -0.551. The van der Waals surface area contributed by atoms with Gasteiger partial charge in [0.1, 0.15) is 5.82 Å². The number of hydrogen-bond donors (Lipinski definition) is 1. The van der Waals surface area contributed by atoms with Crippen LogP contribution >= 0.6 is 0 Å². The number of halogens is 1. The van der Waals surface area contributed by atoms with Crippen LogP contribution in [-0.2, 0) is 20.7 Å². The maximum atomic E-state index is 12.8. The van der Waals surface area contributed by atoms with E-state index >= 15 is 0 Å². The van der Waals surface area contributed by atoms with Crippen molar-refractivity contribution in [3.63, 3.8) is 0 Å². The first-order valence-electron chi connectivity index (χ1n) is 7.80. The van der Waals surface area contributed by atoms with Gasteiger partial charge in [0, 0.05) is 24.2 Å². The van der Waals surface area contributed by atoms with E-state index in [0.717, 1.165) is 5.56 Å². The van der Waals surface area contributed by atoms with Crippen LogP contribution in [0.3, 0.4) is 0 Å². The highest BCUT2D eigenvalue weighted by atomic mass is 19.1. The molecule has 0 unspecified atom stereocenters. The zero-order valence-corrected chi connectivity index (χ0v) is 14.0. The van der Waals surface area contributed by atoms with Gasteiger partial charge in [0.05, 0.1) is 4.92 Å². The number of ether oxygens (including phenoxy) is 1. The number of nitro benzene ring substituents is 1. The summed E-state index contributed by atoms with van der Waals surface area (Å²) in [5.74, 6) is -1.45. The fourth-order valence-electron chi connectivity index (χ4n) is 2.20. The van der Waals surface area contributed by atoms with Gasteiger partial charge in [-0.15, -0.1) is 0 Å². The second-order valence-electron chi connectivity index (χ2n) is 5.59. The Hall–Kier alpha value is -3.29. The Morgan fingerprint density at radius 3 is 2.50 bits per heavy atom. The molecule has 0 aliphatic heterocycles. The van der Waals surface area contributed by atoms with E-state index in [1.807, 2.05) is 0 Å². The van der Waals surface area contributed by atoms with Gasteiger partial charge in [-0.2, -0.15) is 0 Å². The molecule has 136 valence electrons. The van der Waals surface area contributed by atoms with E-state index in [1.54, 1.807) is 19.1 Å². The van der Waals surface area contributed by atoms with E-state index in [-0.39, 0.29) is 17.9 Å². The Morgan fingerprint density at radius 1 is 1.19 bits per heavy atom. The molecule has 2 rings (SSSR count). The van der Waals surface area contributed by atoms with Gasteiger partial charge in [-0.05, 0) is 42.7 Å². The Labute approximate surface area is 148 Å². The summed E-state index contributed by atoms with van der Waals surface area (Å²) in [5, 5.41) is 13.2. The Balaban J connectivity index is 1.78. The third-order valence-corrected chi connectivity index (χ3v) is 3.59. The number of anilines is 1. The molecule has 1 amide bonds. The van der Waals surface area contributed by atoms with Crippen molar-refractivity contribution in [2.24, 2.45) is 0 Å². The number of non-ortho nitro benzene ring substituents is 1. The molecule has 7 nitrogen and oxygen atoms in total. The van der Waals surface area contributed by atoms with Crippen molar-refractivity contribution in [1.82, 2.24) is 0 Å². The van der Waals surface area contributed by atoms with Crippen LogP contribution < -0.4 is 5.32 Å². The maximum absolute atomic E-state index is 12.8. The van der Waals surface area contributed by atoms with Crippen molar-refractivity contribution in [2.75, 3.05) is 11.9 Å². The number of amides is 1. The van der Waals surface area contributed by atoms with Gasteiger partial charge in [-0.1, -0.05) is 12.1 Å². The number of nitrogens with one attached hydrogen (secondary N) is 1. The lowest BCUT2D eigenvalue weighted by molar-refractivity contribution is -0.384. The topological polar surface area (TPSA) is 98.5 Å². The summed E-state index contributed by atoms with van der Waals surface area (Å²) in [4.78, 5) is 33.7. The van der Waals surface area contributed by atoms with Crippen LogP contribution in [0.1, 0.15) is 17.5 Å². The molecule has 2 aromatic carbocycles. The lowest BCUT2D eigenvalue weighted by Gasteiger charge is -2.09. The highest BCUT2D eigenvalue weighted by Gasteiger charge is 2.12. The Morgan fingerprint density at radius 2 is 1.88 bits per heavy atom. The molecule has 0 saturated carbocycles. The fraction of sp³-hybridized carbons (Fsp3) is 0.222. The predicted octanol–water partition coefficient (Wildman–Crippen LogP) is 3.16. The minimum Gasteiger partial charge on any atom is -0.456 e. The third-order valence-electron chi connectivity index (χ3n) is 3.59. The Kier molecular flexibility index (Phi) is 6.37. The normalized spacial score (nSPS) is 10.2. The zero-order valence-electron chi connectivity index (χ0n) is 14.0. The quantitative estimate of drug-likeness (QED) is 0.465. The number of aryl methyl sites for hydroxylation is 2. The van der Waals surface area contributed by atoms with E-state index < -0.39 is 23.4 Å². The summed E-state index contributed by atoms with van der Waals surface area (Å²) in [6.45, 7) is 1.16. The van der Waals surface area contributed by atoms with Crippen LogP contribution in [0.15, 0.2) is 42.5 Å². The SMILES string of the molecule is Cc1cc([N+](=O)[O-])ccc1NC(=O)COC(=O)CCc1ccc(F)cc1. The Bertz CT molecular complexity index is 821. The largest absolute Gasteiger partial charge is 0.456 e. The summed E-state index contributed by atoms with van der Waals surface area (Å²) in [7, 11) is 0. The molecule has 0 heterocycles. The molecule has 0 aromatic heterocycles. The van der Waals surface area contributed by atoms with Crippen molar-refractivity contribution in [3.8, 4) is 0 Å². The minimum absolute atomic E-state index is 0.0650. The predicted molar refractivity (Wildman–Crippen MR) is 92.1 cm³/mol. The van der Waals surface area contributed by atoms with Gasteiger partial charge < -0.3 is 10.1 Å². The first kappa shape index (κ1) is 19.0. The van der Waals surface area contributed by atoms with E-state index in [0.29, 0.717) is 17.7 Å². The lowest BCUT2D eigenvalue weighted by atomic mass is 10.1. The van der Waals surface area contributed by atoms with E-state index in [2.05, 4.69) is 5.32 Å². The summed E-state index contributed by atoms with van der Waals surface area (Å²) >= 11 is 0. The van der Waals surface area contributed by atoms with Gasteiger partial charge in [0.15, 0.2) is 6.61 Å². The number of hydrogen-bond acceptors (Lipinski definition) is 5. The molecule has 0 aliphatic carbocycles. The number of benzene rings is 2. The molecule has 0 atom stereocenters. The van der Waals surface area contributed by atoms with Crippen molar-refractivity contribution < 1.29 is 23.6 Å². The van der Waals surface area contributed by atoms with Crippen molar-refractivity contribution in [2.45, 2.75) is 19.8 Å². The first-order valence-corrected chi connectivity index (χ1v) is 7.80. The molecule has 0 radical (unpaired) electrons. The molecule has 8 heteroatoms. The van der Waals surface area contributed by atoms with Crippen LogP contribution in [0.5, 0.6) is 0 Å². The molecule has 1 N–H and O–H groups in total. The van der Waals surface area contributed by atoms with Crippen molar-refractivity contribution >= 4 is 23.3 Å². The number of nitrogens with zero attached hydrogens (tertiary/aromatic N) is 1. The monoisotopic (exact) mass is 360 g/mol. The van der Waals surface area contributed by atoms with E-state index in [9.17, 15) is 24.1 Å². The standard InChI is InChI=1S/C18H17FN2O5/c1-12-10-15(21(24)25)7-8-16(12)20-17(22)11-26-18(23)9-4-13-2-5-14(19)6-3-13/h2-3,5-8,10H,4,9,11H2,1H3,(H,20,22). The molecule has 0 bridgehead atoms. The molecular weight excluding hydrogens is 343 g/mol. The number of nitro groups is 1. The number of rotatable bonds is 7. The van der Waals surface area contributed by atoms with Gasteiger partial charge in [-0.25, -0.2) is 4.39 Å². The van der Waals surface area contributed by atoms with Crippen LogP contribution in [0.2, 0.25) is 0 Å². The third kappa shape index (κ3) is 5.66. The second kappa shape index (κ2) is 8.70. The molecule has 0 spiro atoms. The lowest BCUT2D eigenvalue weighted by Crippen LogP contribution is -2.21. The van der Waals surface area contributed by atoms with Gasteiger partial charge in [0.2, 0.25) is 0 Å². The zero-order chi connectivity index (χ0) is 19.1. The molecular formula is C18H17FN2O5. The average molecular weight is 360 g/mol. The molecule has 0 aliphatic rings. The number of carbonyl (C=O) groups is 2. The molecule has 0 fully saturated rings. The van der Waals surface area contributed by atoms with Crippen LogP contribution in [0, 0.1) is 22.9 Å². The van der Waals surface area contributed by atoms with Crippen LogP contribution in [0.4, 0.5) is 15.8 Å². The van der Waals surface area contributed by atoms with Gasteiger partial charge in [0.25, 0.3) is 11.6 Å². The highest BCUT2D eigenvalue weighted by molar-refractivity contribution is 5.93. The van der Waals surface area contributed by atoms with Crippen LogP contribution in [0.25, 0.3) is 0 Å². The van der Waals surface area contributed by atoms with Gasteiger partial charge in [-0.3, -0.25) is 19.7 Å². The summed E-state index contributed by atoms with van der Waals surface area (Å²) in [6.07, 6.45) is 0.442. The highest BCUT2D eigenvalue weighted by Crippen LogP contribution is 2.21. The molecule has 2 aromatic rings.